The first-order chi connectivity index (χ1) is 0. The van der Waals surface area contributed by atoms with Gasteiger partial charge in [-0.15, -0.1) is 0 Å². The zero-order chi connectivity index (χ0) is 0. The van der Waals surface area contributed by atoms with Crippen molar-refractivity contribution in [3.05, 3.63) is 22.3 Å². The van der Waals surface area contributed by atoms with Crippen molar-refractivity contribution in [3.63, 3.8) is 0 Å². The van der Waals surface area contributed by atoms with Crippen LogP contribution in [-0.2, 0) is 17.1 Å². The molecule has 0 bridgehead atoms. The summed E-state index contributed by atoms with van der Waals surface area (Å²) in [7, 11) is 0. The molecule has 0 fully saturated rings. The van der Waals surface area contributed by atoms with E-state index in [2.05, 4.69) is 0 Å². The van der Waals surface area contributed by atoms with Gasteiger partial charge in [-0.05, 0) is 0 Å². The zero-order valence-corrected chi connectivity index (χ0v) is 4.96. The summed E-state index contributed by atoms with van der Waals surface area (Å²) in [5, 5.41) is 0. The van der Waals surface area contributed by atoms with Crippen molar-refractivity contribution in [3.8, 4) is 0 Å². The Morgan fingerprint density at radius 1 is 0.600 bits per heavy atom. The van der Waals surface area contributed by atoms with Crippen LogP contribution in [0.2, 0.25) is 0 Å². The fourth-order valence-electron chi connectivity index (χ4n) is 0. The maximum absolute atomic E-state index is 0. The van der Waals surface area contributed by atoms with Crippen LogP contribution in [0, 0.1) is 22.3 Å². The van der Waals surface area contributed by atoms with Crippen molar-refractivity contribution in [1.29, 1.82) is 0 Å². The monoisotopic (exact) mass is 119 g/mol. The average Bonchev–Trinajstić information content (AvgIpc) is 0. The molecule has 1 nitrogen and oxygen atoms in total. The van der Waals surface area contributed by atoms with E-state index in [0.717, 1.165) is 0 Å². The average molecular weight is 119 g/mol. The zero-order valence-electron chi connectivity index (χ0n) is 3.85. The van der Waals surface area contributed by atoms with Crippen molar-refractivity contribution in [1.82, 2.24) is 0 Å². The first-order valence-corrected chi connectivity index (χ1v) is 0. The first kappa shape index (κ1) is 478. The largest absolute Gasteiger partial charge is 3.00 e. The van der Waals surface area contributed by atoms with E-state index in [9.17, 15) is 0 Å². The molecule has 0 aliphatic heterocycles. The van der Waals surface area contributed by atoms with E-state index in [1.165, 1.54) is 0 Å². The van der Waals surface area contributed by atoms with Gasteiger partial charge in [0.05, 0.1) is 0 Å². The molecule has 0 aromatic carbocycles. The van der Waals surface area contributed by atoms with Crippen molar-refractivity contribution in [2.75, 3.05) is 0 Å². The van der Waals surface area contributed by atoms with Crippen LogP contribution in [0.4, 0.5) is 0 Å². The third-order valence-electron chi connectivity index (χ3n) is 0. The summed E-state index contributed by atoms with van der Waals surface area (Å²) in [6.07, 6.45) is 0. The molecule has 0 heterocycles. The summed E-state index contributed by atoms with van der Waals surface area (Å²) in [4.78, 5) is 0. The number of hydrogen-bond acceptors (Lipinski definition) is 0. The third kappa shape index (κ3) is 120. The molecular weight excluding hydrogens is 108 g/mol. The van der Waals surface area contributed by atoms with Gasteiger partial charge >= 0.3 is 17.1 Å². The Morgan fingerprint density at radius 2 is 0.600 bits per heavy atom. The molecule has 0 aromatic heterocycles. The molecule has 0 unspecified atom stereocenters. The fourth-order valence-corrected chi connectivity index (χ4v) is 0. The second-order valence-corrected chi connectivity index (χ2v) is 0. The van der Waals surface area contributed by atoms with Crippen LogP contribution in [-0.4, -0.2) is 5.48 Å². The van der Waals surface area contributed by atoms with E-state index < -0.39 is 0 Å². The number of hydrogen-bond donors (Lipinski definition) is 0. The summed E-state index contributed by atoms with van der Waals surface area (Å²) >= 11 is 0. The van der Waals surface area contributed by atoms with Crippen LogP contribution < -0.4 is 0 Å². The minimum absolute atomic E-state index is 0. The summed E-state index contributed by atoms with van der Waals surface area (Å²) < 4.78 is 0. The predicted octanol–water partition coefficient (Wildman–Crippen LogP) is 0.524. The quantitative estimate of drug-likeness (QED) is 0.329. The molecule has 1 radical (unpaired) electrons. The molecule has 2 N–H and O–H groups in total. The molecule has 0 aliphatic rings. The van der Waals surface area contributed by atoms with Crippen molar-refractivity contribution >= 4 is 0 Å². The van der Waals surface area contributed by atoms with Gasteiger partial charge < -0.3 is 27.8 Å². The van der Waals surface area contributed by atoms with Gasteiger partial charge in [0, 0.05) is 0 Å². The molecule has 0 saturated heterocycles. The van der Waals surface area contributed by atoms with E-state index in [1.807, 2.05) is 0 Å². The molecule has 37 valence electrons. The Morgan fingerprint density at radius 3 is 0.600 bits per heavy atom. The normalized spacial score (nSPS) is 0. The summed E-state index contributed by atoms with van der Waals surface area (Å²) in [5.41, 5.74) is 0. The van der Waals surface area contributed by atoms with Gasteiger partial charge in [-0.2, -0.15) is 0 Å². The Balaban J connectivity index is 0. The van der Waals surface area contributed by atoms with Gasteiger partial charge in [-0.3, -0.25) is 0 Å². The molecule has 0 aromatic rings. The van der Waals surface area contributed by atoms with Gasteiger partial charge in [0.25, 0.3) is 0 Å². The smallest absolute Gasteiger partial charge is 0.412 e. The minimum Gasteiger partial charge on any atom is -0.412 e. The Hall–Kier alpha value is 0.479. The maximum atomic E-state index is 0. The standard InChI is InChI=1S/3CH3.Fe.H2O/h3*1H3;;1H2/q3*-1;+3;. The molecule has 2 heteroatoms. The summed E-state index contributed by atoms with van der Waals surface area (Å²) in [6, 6.07) is 0. The molecule has 5 heavy (non-hydrogen) atoms. The second kappa shape index (κ2) is 236. The molecule has 0 spiro atoms. The van der Waals surface area contributed by atoms with Crippen molar-refractivity contribution in [2.45, 2.75) is 0 Å². The van der Waals surface area contributed by atoms with Crippen molar-refractivity contribution < 1.29 is 22.5 Å². The van der Waals surface area contributed by atoms with Crippen LogP contribution >= 0.6 is 0 Å². The van der Waals surface area contributed by atoms with E-state index >= 15 is 0 Å². The topological polar surface area (TPSA) is 31.5 Å². The molecule has 0 amide bonds. The van der Waals surface area contributed by atoms with Gasteiger partial charge in [0.2, 0.25) is 0 Å². The van der Waals surface area contributed by atoms with E-state index in [0.29, 0.717) is 0 Å². The van der Waals surface area contributed by atoms with Gasteiger partial charge in [0.15, 0.2) is 0 Å². The minimum atomic E-state index is 0. The third-order valence-corrected chi connectivity index (χ3v) is 0. The van der Waals surface area contributed by atoms with Crippen LogP contribution in [0.3, 0.4) is 0 Å². The first-order valence-electron chi connectivity index (χ1n) is 0. The van der Waals surface area contributed by atoms with E-state index in [1.54, 1.807) is 0 Å². The molecule has 0 atom stereocenters. The summed E-state index contributed by atoms with van der Waals surface area (Å²) in [6.45, 7) is 0. The van der Waals surface area contributed by atoms with E-state index in [-0.39, 0.29) is 44.8 Å². The fraction of sp³-hybridized carbons (Fsp3) is 0. The number of rotatable bonds is 0. The molecule has 0 rings (SSSR count). The Bertz CT molecular complexity index is 6.85. The Labute approximate surface area is 45.6 Å². The van der Waals surface area contributed by atoms with Crippen LogP contribution in [0.5, 0.6) is 0 Å². The van der Waals surface area contributed by atoms with Crippen molar-refractivity contribution in [2.24, 2.45) is 0 Å². The van der Waals surface area contributed by atoms with Gasteiger partial charge in [0.1, 0.15) is 0 Å². The van der Waals surface area contributed by atoms with Gasteiger partial charge in [-0.1, -0.05) is 0 Å². The molecular formula is C3H11FeO. The molecule has 0 saturated carbocycles. The summed E-state index contributed by atoms with van der Waals surface area (Å²) in [5.74, 6) is 0. The van der Waals surface area contributed by atoms with Gasteiger partial charge in [-0.25, -0.2) is 0 Å². The van der Waals surface area contributed by atoms with Crippen LogP contribution in [0.25, 0.3) is 0 Å². The molecule has 0 aliphatic carbocycles. The van der Waals surface area contributed by atoms with E-state index in [4.69, 9.17) is 0 Å². The predicted molar refractivity (Wildman–Crippen MR) is 22.9 cm³/mol. The van der Waals surface area contributed by atoms with Crippen LogP contribution in [0.1, 0.15) is 0 Å². The Kier molecular flexibility index (Phi) is 22600. The van der Waals surface area contributed by atoms with Crippen LogP contribution in [0.15, 0.2) is 0 Å². The second-order valence-electron chi connectivity index (χ2n) is 0. The SMILES string of the molecule is O.[CH3-].[CH3-].[CH3-].[Fe+3]. The maximum Gasteiger partial charge on any atom is 3.00 e.